The van der Waals surface area contributed by atoms with Crippen LogP contribution in [0.4, 0.5) is 11.4 Å². The van der Waals surface area contributed by atoms with Gasteiger partial charge in [0.1, 0.15) is 0 Å². The first-order valence-electron chi connectivity index (χ1n) is 9.06. The van der Waals surface area contributed by atoms with Crippen molar-refractivity contribution in [2.75, 3.05) is 37.4 Å². The average Bonchev–Trinajstić information content (AvgIpc) is 2.80. The number of carbonyl (C=O) groups is 2. The Morgan fingerprint density at radius 1 is 1.15 bits per heavy atom. The fraction of sp³-hybridized carbons (Fsp3) is 0.333. The molecule has 1 aliphatic heterocycles. The predicted molar refractivity (Wildman–Crippen MR) is 112 cm³/mol. The topological polar surface area (TPSA) is 52.7 Å². The Labute approximate surface area is 164 Å². The summed E-state index contributed by atoms with van der Waals surface area (Å²) in [6.45, 7) is 3.39. The summed E-state index contributed by atoms with van der Waals surface area (Å²) >= 11 is 1.86. The van der Waals surface area contributed by atoms with Crippen LogP contribution >= 0.6 is 11.8 Å². The molecule has 0 aromatic heterocycles. The Morgan fingerprint density at radius 2 is 1.85 bits per heavy atom. The highest BCUT2D eigenvalue weighted by Gasteiger charge is 2.21. The van der Waals surface area contributed by atoms with Crippen LogP contribution in [0.3, 0.4) is 0 Å². The summed E-state index contributed by atoms with van der Waals surface area (Å²) in [6.07, 6.45) is 1.04. The molecule has 1 aliphatic rings. The summed E-state index contributed by atoms with van der Waals surface area (Å²) in [7, 11) is 3.44. The van der Waals surface area contributed by atoms with Crippen molar-refractivity contribution in [3.05, 3.63) is 54.1 Å². The van der Waals surface area contributed by atoms with Crippen molar-refractivity contribution < 1.29 is 9.59 Å². The summed E-state index contributed by atoms with van der Waals surface area (Å²) in [6, 6.07) is 15.3. The van der Waals surface area contributed by atoms with Crippen molar-refractivity contribution in [2.24, 2.45) is 0 Å². The number of benzene rings is 2. The van der Waals surface area contributed by atoms with Crippen LogP contribution in [0, 0.1) is 0 Å². The first-order chi connectivity index (χ1) is 12.9. The minimum atomic E-state index is -0.0592. The molecule has 0 bridgehead atoms. The minimum absolute atomic E-state index is 0.0549. The van der Waals surface area contributed by atoms with E-state index in [1.165, 1.54) is 9.80 Å². The zero-order valence-electron chi connectivity index (χ0n) is 15.9. The van der Waals surface area contributed by atoms with Crippen molar-refractivity contribution in [2.45, 2.75) is 23.5 Å². The molecule has 0 spiro atoms. The number of para-hydroxylation sites is 1. The maximum atomic E-state index is 12.6. The Bertz CT molecular complexity index is 820. The molecule has 142 valence electrons. The van der Waals surface area contributed by atoms with Gasteiger partial charge in [0.05, 0.1) is 12.2 Å². The lowest BCUT2D eigenvalue weighted by molar-refractivity contribution is -0.115. The van der Waals surface area contributed by atoms with Gasteiger partial charge in [0, 0.05) is 42.0 Å². The number of thioether (sulfide) groups is 1. The van der Waals surface area contributed by atoms with E-state index in [1.807, 2.05) is 23.9 Å². The van der Waals surface area contributed by atoms with Crippen LogP contribution in [0.5, 0.6) is 0 Å². The normalized spacial score (nSPS) is 16.3. The second-order valence-corrected chi connectivity index (χ2v) is 8.41. The average molecular weight is 384 g/mol. The van der Waals surface area contributed by atoms with Gasteiger partial charge in [-0.05, 0) is 42.8 Å². The van der Waals surface area contributed by atoms with Gasteiger partial charge in [0.15, 0.2) is 0 Å². The van der Waals surface area contributed by atoms with Crippen LogP contribution in [0.2, 0.25) is 0 Å². The van der Waals surface area contributed by atoms with Crippen LogP contribution in [0.25, 0.3) is 0 Å². The van der Waals surface area contributed by atoms with E-state index >= 15 is 0 Å². The molecule has 2 aromatic carbocycles. The van der Waals surface area contributed by atoms with Crippen molar-refractivity contribution in [3.8, 4) is 0 Å². The standard InChI is InChI=1S/C21H25N3O2S/c1-15-12-13-24(18-6-4-5-7-19(18)27-15)14-20(25)22-17-10-8-16(9-11-17)21(26)23(2)3/h4-11,15H,12-14H2,1-3H3,(H,22,25). The molecular weight excluding hydrogens is 358 g/mol. The molecule has 1 N–H and O–H groups in total. The lowest BCUT2D eigenvalue weighted by atomic mass is 10.2. The van der Waals surface area contributed by atoms with Gasteiger partial charge in [-0.1, -0.05) is 19.1 Å². The Balaban J connectivity index is 1.66. The first kappa shape index (κ1) is 19.3. The molecule has 0 saturated carbocycles. The van der Waals surface area contributed by atoms with E-state index < -0.39 is 0 Å². The van der Waals surface area contributed by atoms with Crippen LogP contribution in [-0.2, 0) is 4.79 Å². The van der Waals surface area contributed by atoms with Crippen LogP contribution < -0.4 is 10.2 Å². The number of amides is 2. The summed E-state index contributed by atoms with van der Waals surface area (Å²) in [5.74, 6) is -0.114. The second kappa shape index (κ2) is 8.48. The van der Waals surface area contributed by atoms with Crippen molar-refractivity contribution in [3.63, 3.8) is 0 Å². The maximum Gasteiger partial charge on any atom is 0.253 e. The molecule has 0 saturated heterocycles. The van der Waals surface area contributed by atoms with Crippen LogP contribution in [-0.4, -0.2) is 49.1 Å². The van der Waals surface area contributed by atoms with Crippen molar-refractivity contribution in [1.82, 2.24) is 4.90 Å². The Hall–Kier alpha value is -2.47. The smallest absolute Gasteiger partial charge is 0.253 e. The largest absolute Gasteiger partial charge is 0.361 e. The monoisotopic (exact) mass is 383 g/mol. The first-order valence-corrected chi connectivity index (χ1v) is 9.94. The molecule has 1 heterocycles. The number of fused-ring (bicyclic) bond motifs is 1. The van der Waals surface area contributed by atoms with Crippen LogP contribution in [0.15, 0.2) is 53.4 Å². The molecule has 6 heteroatoms. The highest BCUT2D eigenvalue weighted by Crippen LogP contribution is 2.37. The van der Waals surface area contributed by atoms with Gasteiger partial charge in [-0.3, -0.25) is 9.59 Å². The van der Waals surface area contributed by atoms with Gasteiger partial charge in [-0.15, -0.1) is 11.8 Å². The third-order valence-electron chi connectivity index (χ3n) is 4.50. The fourth-order valence-corrected chi connectivity index (χ4v) is 4.18. The molecule has 0 fully saturated rings. The summed E-state index contributed by atoms with van der Waals surface area (Å²) in [5.41, 5.74) is 2.42. The molecule has 0 radical (unpaired) electrons. The van der Waals surface area contributed by atoms with Crippen molar-refractivity contribution >= 4 is 35.0 Å². The highest BCUT2D eigenvalue weighted by atomic mass is 32.2. The molecule has 2 amide bonds. The minimum Gasteiger partial charge on any atom is -0.361 e. The zero-order valence-corrected chi connectivity index (χ0v) is 16.8. The number of rotatable bonds is 4. The summed E-state index contributed by atoms with van der Waals surface area (Å²) in [4.78, 5) is 29.4. The number of hydrogen-bond donors (Lipinski definition) is 1. The number of nitrogens with one attached hydrogen (secondary N) is 1. The highest BCUT2D eigenvalue weighted by molar-refractivity contribution is 8.00. The van der Waals surface area contributed by atoms with Gasteiger partial charge in [-0.25, -0.2) is 0 Å². The summed E-state index contributed by atoms with van der Waals surface area (Å²) < 4.78 is 0. The molecule has 27 heavy (non-hydrogen) atoms. The molecule has 5 nitrogen and oxygen atoms in total. The fourth-order valence-electron chi connectivity index (χ4n) is 3.04. The number of hydrogen-bond acceptors (Lipinski definition) is 4. The molecule has 2 aromatic rings. The zero-order chi connectivity index (χ0) is 19.4. The van der Waals surface area contributed by atoms with Crippen molar-refractivity contribution in [1.29, 1.82) is 0 Å². The number of carbonyl (C=O) groups excluding carboxylic acids is 2. The van der Waals surface area contributed by atoms with Gasteiger partial charge in [0.25, 0.3) is 5.91 Å². The molecule has 1 atom stereocenters. The Morgan fingerprint density at radius 3 is 2.56 bits per heavy atom. The molecule has 0 aliphatic carbocycles. The molecule has 3 rings (SSSR count). The Kier molecular flexibility index (Phi) is 6.06. The third kappa shape index (κ3) is 4.83. The van der Waals surface area contributed by atoms with E-state index in [4.69, 9.17) is 0 Å². The van der Waals surface area contributed by atoms with E-state index in [0.717, 1.165) is 18.7 Å². The van der Waals surface area contributed by atoms with E-state index in [-0.39, 0.29) is 11.8 Å². The molecule has 1 unspecified atom stereocenters. The second-order valence-electron chi connectivity index (χ2n) is 6.93. The van der Waals surface area contributed by atoms with Gasteiger partial charge in [0.2, 0.25) is 5.91 Å². The number of nitrogens with zero attached hydrogens (tertiary/aromatic N) is 2. The van der Waals surface area contributed by atoms with E-state index in [1.54, 1.807) is 38.4 Å². The number of anilines is 2. The quantitative estimate of drug-likeness (QED) is 0.874. The van der Waals surface area contributed by atoms with E-state index in [9.17, 15) is 9.59 Å². The van der Waals surface area contributed by atoms with Gasteiger partial charge < -0.3 is 15.1 Å². The SMILES string of the molecule is CC1CCN(CC(=O)Nc2ccc(C(=O)N(C)C)cc2)c2ccccc2S1. The van der Waals surface area contributed by atoms with E-state index in [2.05, 4.69) is 29.3 Å². The van der Waals surface area contributed by atoms with Gasteiger partial charge >= 0.3 is 0 Å². The van der Waals surface area contributed by atoms with Crippen LogP contribution in [0.1, 0.15) is 23.7 Å². The predicted octanol–water partition coefficient (Wildman–Crippen LogP) is 3.72. The lowest BCUT2D eigenvalue weighted by Crippen LogP contribution is -2.34. The maximum absolute atomic E-state index is 12.6. The van der Waals surface area contributed by atoms with Gasteiger partial charge in [-0.2, -0.15) is 0 Å². The third-order valence-corrected chi connectivity index (χ3v) is 5.73. The molecular formula is C21H25N3O2S. The summed E-state index contributed by atoms with van der Waals surface area (Å²) in [5, 5.41) is 3.46. The lowest BCUT2D eigenvalue weighted by Gasteiger charge is -2.24. The van der Waals surface area contributed by atoms with E-state index in [0.29, 0.717) is 23.0 Å².